The Kier molecular flexibility index (Phi) is 2.63. The molecule has 0 heterocycles. The summed E-state index contributed by atoms with van der Waals surface area (Å²) < 4.78 is 1.39. The zero-order chi connectivity index (χ0) is 9.42. The van der Waals surface area contributed by atoms with E-state index >= 15 is 0 Å². The topological polar surface area (TPSA) is 0 Å². The lowest BCUT2D eigenvalue weighted by Crippen LogP contribution is -1.91. The molecule has 0 radical (unpaired) electrons. The first-order valence-electron chi connectivity index (χ1n) is 4.97. The smallest absolute Gasteiger partial charge is 0.0136 e. The second kappa shape index (κ2) is 3.60. The van der Waals surface area contributed by atoms with Crippen LogP contribution in [0.15, 0.2) is 18.2 Å². The molecule has 0 unspecified atom stereocenters. The summed E-state index contributed by atoms with van der Waals surface area (Å²) in [4.78, 5) is 0. The molecule has 1 aromatic carbocycles. The van der Waals surface area contributed by atoms with Crippen molar-refractivity contribution in [1.29, 1.82) is 0 Å². The zero-order valence-electron chi connectivity index (χ0n) is 8.18. The van der Waals surface area contributed by atoms with Gasteiger partial charge in [-0.2, -0.15) is 0 Å². The van der Waals surface area contributed by atoms with E-state index in [1.807, 2.05) is 0 Å². The summed E-state index contributed by atoms with van der Waals surface area (Å²) in [5.41, 5.74) is 3.06. The van der Waals surface area contributed by atoms with E-state index in [0.29, 0.717) is 5.92 Å². The average Bonchev–Trinajstić information content (AvgIpc) is 2.85. The quantitative estimate of drug-likeness (QED) is 0.711. The molecule has 0 amide bonds. The Bertz CT molecular complexity index is 291. The van der Waals surface area contributed by atoms with Gasteiger partial charge in [0.1, 0.15) is 0 Å². The maximum atomic E-state index is 2.43. The highest BCUT2D eigenvalue weighted by molar-refractivity contribution is 14.1. The molecular formula is C12H15I. The molecule has 0 saturated heterocycles. The zero-order valence-corrected chi connectivity index (χ0v) is 10.3. The highest BCUT2D eigenvalue weighted by Crippen LogP contribution is 2.41. The number of hydrogen-bond donors (Lipinski definition) is 0. The van der Waals surface area contributed by atoms with Crippen LogP contribution in [0.4, 0.5) is 0 Å². The minimum atomic E-state index is 0.659. The van der Waals surface area contributed by atoms with Crippen molar-refractivity contribution in [3.8, 4) is 0 Å². The molecule has 1 aromatic rings. The number of hydrogen-bond acceptors (Lipinski definition) is 0. The molecule has 0 atom stereocenters. The molecule has 1 aliphatic carbocycles. The lowest BCUT2D eigenvalue weighted by atomic mass is 9.99. The molecule has 70 valence electrons. The largest absolute Gasteiger partial charge is 0.0587 e. The molecule has 0 N–H and O–H groups in total. The predicted molar refractivity (Wildman–Crippen MR) is 65.2 cm³/mol. The Morgan fingerprint density at radius 2 is 1.92 bits per heavy atom. The second-order valence-corrected chi connectivity index (χ2v) is 5.49. The lowest BCUT2D eigenvalue weighted by Gasteiger charge is -2.08. The van der Waals surface area contributed by atoms with Crippen LogP contribution in [-0.2, 0) is 0 Å². The first-order valence-corrected chi connectivity index (χ1v) is 6.05. The van der Waals surface area contributed by atoms with E-state index in [9.17, 15) is 0 Å². The van der Waals surface area contributed by atoms with Gasteiger partial charge in [-0.25, -0.2) is 0 Å². The molecule has 13 heavy (non-hydrogen) atoms. The van der Waals surface area contributed by atoms with Gasteiger partial charge in [0.05, 0.1) is 0 Å². The van der Waals surface area contributed by atoms with Gasteiger partial charge < -0.3 is 0 Å². The van der Waals surface area contributed by atoms with E-state index in [0.717, 1.165) is 5.92 Å². The fourth-order valence-electron chi connectivity index (χ4n) is 1.62. The van der Waals surface area contributed by atoms with Crippen LogP contribution in [-0.4, -0.2) is 0 Å². The molecule has 1 heteroatoms. The first-order chi connectivity index (χ1) is 6.16. The number of benzene rings is 1. The normalized spacial score (nSPS) is 16.6. The van der Waals surface area contributed by atoms with Crippen molar-refractivity contribution in [3.05, 3.63) is 32.9 Å². The molecular weight excluding hydrogens is 271 g/mol. The van der Waals surface area contributed by atoms with Crippen LogP contribution < -0.4 is 0 Å². The Morgan fingerprint density at radius 3 is 2.46 bits per heavy atom. The average molecular weight is 286 g/mol. The van der Waals surface area contributed by atoms with Crippen molar-refractivity contribution >= 4 is 22.6 Å². The summed E-state index contributed by atoms with van der Waals surface area (Å²) in [7, 11) is 0. The van der Waals surface area contributed by atoms with Gasteiger partial charge >= 0.3 is 0 Å². The molecule has 1 aliphatic rings. The summed E-state index contributed by atoms with van der Waals surface area (Å²) in [6.07, 6.45) is 2.80. The molecule has 0 spiro atoms. The van der Waals surface area contributed by atoms with Gasteiger partial charge in [-0.05, 0) is 70.5 Å². The Hall–Kier alpha value is -0.0500. The van der Waals surface area contributed by atoms with Crippen LogP contribution in [0.3, 0.4) is 0 Å². The Morgan fingerprint density at radius 1 is 1.23 bits per heavy atom. The van der Waals surface area contributed by atoms with E-state index < -0.39 is 0 Å². The van der Waals surface area contributed by atoms with Crippen LogP contribution in [0.2, 0.25) is 0 Å². The lowest BCUT2D eigenvalue weighted by molar-refractivity contribution is 0.860. The third kappa shape index (κ3) is 2.25. The van der Waals surface area contributed by atoms with Crippen LogP contribution in [0.25, 0.3) is 0 Å². The summed E-state index contributed by atoms with van der Waals surface area (Å²) in [6.45, 7) is 4.53. The van der Waals surface area contributed by atoms with Gasteiger partial charge in [0.15, 0.2) is 0 Å². The van der Waals surface area contributed by atoms with Gasteiger partial charge in [-0.1, -0.05) is 19.9 Å². The third-order valence-electron chi connectivity index (χ3n) is 2.66. The van der Waals surface area contributed by atoms with Gasteiger partial charge in [0.2, 0.25) is 0 Å². The number of rotatable bonds is 2. The van der Waals surface area contributed by atoms with Crippen molar-refractivity contribution in [1.82, 2.24) is 0 Å². The fourth-order valence-corrected chi connectivity index (χ4v) is 2.34. The molecule has 0 aromatic heterocycles. The van der Waals surface area contributed by atoms with E-state index in [4.69, 9.17) is 0 Å². The number of halogens is 1. The van der Waals surface area contributed by atoms with Crippen molar-refractivity contribution < 1.29 is 0 Å². The van der Waals surface area contributed by atoms with E-state index in [2.05, 4.69) is 54.6 Å². The van der Waals surface area contributed by atoms with Crippen molar-refractivity contribution in [2.45, 2.75) is 38.5 Å². The standard InChI is InChI=1S/C12H15I/c1-8(2)10-5-11(9-3-4-9)7-12(13)6-10/h5-9H,3-4H2,1-2H3. The summed E-state index contributed by atoms with van der Waals surface area (Å²) in [5, 5.41) is 0. The maximum Gasteiger partial charge on any atom is 0.0136 e. The fraction of sp³-hybridized carbons (Fsp3) is 0.500. The van der Waals surface area contributed by atoms with Gasteiger partial charge in [-0.15, -0.1) is 0 Å². The van der Waals surface area contributed by atoms with Crippen LogP contribution in [0, 0.1) is 3.57 Å². The van der Waals surface area contributed by atoms with E-state index in [1.165, 1.54) is 22.0 Å². The first kappa shape index (κ1) is 9.50. The van der Waals surface area contributed by atoms with Gasteiger partial charge in [0, 0.05) is 3.57 Å². The molecule has 0 aliphatic heterocycles. The highest BCUT2D eigenvalue weighted by atomic mass is 127. The van der Waals surface area contributed by atoms with Crippen LogP contribution in [0.5, 0.6) is 0 Å². The van der Waals surface area contributed by atoms with E-state index in [1.54, 1.807) is 5.56 Å². The highest BCUT2D eigenvalue weighted by Gasteiger charge is 2.24. The van der Waals surface area contributed by atoms with Crippen molar-refractivity contribution in [2.75, 3.05) is 0 Å². The Balaban J connectivity index is 2.36. The summed E-state index contributed by atoms with van der Waals surface area (Å²) >= 11 is 2.43. The minimum Gasteiger partial charge on any atom is -0.0587 e. The second-order valence-electron chi connectivity index (χ2n) is 4.25. The molecule has 0 nitrogen and oxygen atoms in total. The Labute approximate surface area is 93.9 Å². The van der Waals surface area contributed by atoms with Crippen molar-refractivity contribution in [2.24, 2.45) is 0 Å². The monoisotopic (exact) mass is 286 g/mol. The van der Waals surface area contributed by atoms with Crippen LogP contribution in [0.1, 0.15) is 49.7 Å². The predicted octanol–water partition coefficient (Wildman–Crippen LogP) is 4.29. The van der Waals surface area contributed by atoms with Gasteiger partial charge in [0.25, 0.3) is 0 Å². The van der Waals surface area contributed by atoms with Gasteiger partial charge in [-0.3, -0.25) is 0 Å². The molecule has 0 bridgehead atoms. The minimum absolute atomic E-state index is 0.659. The third-order valence-corrected chi connectivity index (χ3v) is 3.28. The summed E-state index contributed by atoms with van der Waals surface area (Å²) in [6, 6.07) is 7.03. The molecule has 1 saturated carbocycles. The molecule has 1 fully saturated rings. The maximum absolute atomic E-state index is 2.43. The van der Waals surface area contributed by atoms with Crippen LogP contribution >= 0.6 is 22.6 Å². The SMILES string of the molecule is CC(C)c1cc(I)cc(C2CC2)c1. The van der Waals surface area contributed by atoms with E-state index in [-0.39, 0.29) is 0 Å². The van der Waals surface area contributed by atoms with Crippen molar-refractivity contribution in [3.63, 3.8) is 0 Å². The summed E-state index contributed by atoms with van der Waals surface area (Å²) in [5.74, 6) is 1.54. The molecule has 2 rings (SSSR count).